The molecule has 2 aromatic rings. The molecule has 2 aliphatic rings. The van der Waals surface area contributed by atoms with Gasteiger partial charge in [-0.2, -0.15) is 0 Å². The first-order valence-corrected chi connectivity index (χ1v) is 10.6. The quantitative estimate of drug-likeness (QED) is 0.742. The van der Waals surface area contributed by atoms with E-state index < -0.39 is 0 Å². The maximum absolute atomic E-state index is 13.4. The lowest BCUT2D eigenvalue weighted by atomic mass is 10.0. The number of anilines is 2. The number of benzene rings is 1. The molecule has 0 atom stereocenters. The molecular weight excluding hydrogens is 364 g/mol. The zero-order chi connectivity index (χ0) is 20.9. The first-order valence-electron chi connectivity index (χ1n) is 10.6. The van der Waals surface area contributed by atoms with Gasteiger partial charge < -0.3 is 4.90 Å². The molecule has 1 aromatic heterocycles. The summed E-state index contributed by atoms with van der Waals surface area (Å²) in [4.78, 5) is 34.7. The lowest BCUT2D eigenvalue weighted by Gasteiger charge is -2.22. The number of imidazole rings is 1. The number of aromatic nitrogens is 2. The standard InChI is InChI=1S/C23H30N4O2/c1-6-9-25(12-18-7-8-18)22(29)21-17(5)24-23-26(21)13-19(28)27(23)20-15(3)10-14(2)11-16(20)4/h10-11,18H,6-9,12-13H2,1-5H3. The summed E-state index contributed by atoms with van der Waals surface area (Å²) in [6.07, 6.45) is 3.33. The molecule has 4 rings (SSSR count). The first kappa shape index (κ1) is 19.7. The third kappa shape index (κ3) is 3.45. The molecule has 1 saturated carbocycles. The highest BCUT2D eigenvalue weighted by Gasteiger charge is 2.38. The van der Waals surface area contributed by atoms with E-state index in [2.05, 4.69) is 31.0 Å². The summed E-state index contributed by atoms with van der Waals surface area (Å²) < 4.78 is 1.81. The average molecular weight is 395 g/mol. The summed E-state index contributed by atoms with van der Waals surface area (Å²) in [6.45, 7) is 11.8. The van der Waals surface area contributed by atoms with Crippen molar-refractivity contribution in [1.29, 1.82) is 0 Å². The van der Waals surface area contributed by atoms with Crippen molar-refractivity contribution in [1.82, 2.24) is 14.5 Å². The number of nitrogens with zero attached hydrogens (tertiary/aromatic N) is 4. The highest BCUT2D eigenvalue weighted by molar-refractivity contribution is 6.05. The van der Waals surface area contributed by atoms with Crippen molar-refractivity contribution in [2.24, 2.45) is 5.92 Å². The van der Waals surface area contributed by atoms with Crippen molar-refractivity contribution in [2.45, 2.75) is 60.4 Å². The molecule has 154 valence electrons. The fraction of sp³-hybridized carbons (Fsp3) is 0.522. The van der Waals surface area contributed by atoms with Gasteiger partial charge >= 0.3 is 0 Å². The molecule has 1 aliphatic carbocycles. The van der Waals surface area contributed by atoms with Crippen molar-refractivity contribution >= 4 is 23.5 Å². The Morgan fingerprint density at radius 1 is 1.17 bits per heavy atom. The summed E-state index contributed by atoms with van der Waals surface area (Å²) in [7, 11) is 0. The lowest BCUT2D eigenvalue weighted by Crippen LogP contribution is -2.35. The van der Waals surface area contributed by atoms with Gasteiger partial charge in [0, 0.05) is 13.1 Å². The minimum atomic E-state index is -0.0409. The Morgan fingerprint density at radius 3 is 2.41 bits per heavy atom. The Kier molecular flexibility index (Phi) is 4.97. The van der Waals surface area contributed by atoms with Gasteiger partial charge in [0.25, 0.3) is 11.8 Å². The predicted molar refractivity (Wildman–Crippen MR) is 114 cm³/mol. The normalized spacial score (nSPS) is 15.8. The molecule has 29 heavy (non-hydrogen) atoms. The Balaban J connectivity index is 1.74. The third-order valence-electron chi connectivity index (χ3n) is 5.88. The molecule has 0 unspecified atom stereocenters. The van der Waals surface area contributed by atoms with E-state index >= 15 is 0 Å². The predicted octanol–water partition coefficient (Wildman–Crippen LogP) is 4.06. The molecule has 6 heteroatoms. The number of hydrogen-bond donors (Lipinski definition) is 0. The Bertz CT molecular complexity index is 964. The second kappa shape index (κ2) is 7.32. The van der Waals surface area contributed by atoms with Gasteiger partial charge in [0.15, 0.2) is 0 Å². The minimum Gasteiger partial charge on any atom is -0.337 e. The third-order valence-corrected chi connectivity index (χ3v) is 5.88. The zero-order valence-electron chi connectivity index (χ0n) is 18.1. The van der Waals surface area contributed by atoms with E-state index in [4.69, 9.17) is 0 Å². The van der Waals surface area contributed by atoms with Gasteiger partial charge in [-0.1, -0.05) is 24.6 Å². The molecule has 0 N–H and O–H groups in total. The van der Waals surface area contributed by atoms with Crippen molar-refractivity contribution < 1.29 is 9.59 Å². The van der Waals surface area contributed by atoms with Crippen molar-refractivity contribution in [3.05, 3.63) is 40.2 Å². The van der Waals surface area contributed by atoms with E-state index in [1.165, 1.54) is 18.4 Å². The van der Waals surface area contributed by atoms with Crippen LogP contribution in [0.3, 0.4) is 0 Å². The van der Waals surface area contributed by atoms with E-state index in [1.807, 2.05) is 30.2 Å². The monoisotopic (exact) mass is 394 g/mol. The average Bonchev–Trinajstić information content (AvgIpc) is 3.33. The van der Waals surface area contributed by atoms with E-state index in [-0.39, 0.29) is 18.4 Å². The zero-order valence-corrected chi connectivity index (χ0v) is 18.1. The van der Waals surface area contributed by atoms with Crippen LogP contribution in [0.2, 0.25) is 0 Å². The maximum atomic E-state index is 13.4. The summed E-state index contributed by atoms with van der Waals surface area (Å²) in [5.74, 6) is 1.15. The molecule has 6 nitrogen and oxygen atoms in total. The van der Waals surface area contributed by atoms with Gasteiger partial charge in [-0.3, -0.25) is 14.2 Å². The molecular formula is C23H30N4O2. The van der Waals surface area contributed by atoms with Crippen LogP contribution in [0, 0.1) is 33.6 Å². The molecule has 0 spiro atoms. The van der Waals surface area contributed by atoms with Crippen LogP contribution >= 0.6 is 0 Å². The molecule has 2 amide bonds. The largest absolute Gasteiger partial charge is 0.337 e. The topological polar surface area (TPSA) is 58.4 Å². The van der Waals surface area contributed by atoms with Crippen molar-refractivity contribution in [3.8, 4) is 0 Å². The van der Waals surface area contributed by atoms with E-state index in [0.29, 0.717) is 23.3 Å². The number of aryl methyl sites for hydroxylation is 4. The van der Waals surface area contributed by atoms with Crippen LogP contribution in [0.15, 0.2) is 12.1 Å². The van der Waals surface area contributed by atoms with E-state index in [9.17, 15) is 9.59 Å². The van der Waals surface area contributed by atoms with Gasteiger partial charge in [0.1, 0.15) is 12.2 Å². The molecule has 1 aromatic carbocycles. The van der Waals surface area contributed by atoms with Crippen LogP contribution in [-0.4, -0.2) is 39.4 Å². The van der Waals surface area contributed by atoms with Gasteiger partial charge in [-0.15, -0.1) is 0 Å². The molecule has 1 fully saturated rings. The Morgan fingerprint density at radius 2 is 1.83 bits per heavy atom. The van der Waals surface area contributed by atoms with Crippen LogP contribution in [0.4, 0.5) is 11.6 Å². The summed E-state index contributed by atoms with van der Waals surface area (Å²) in [5.41, 5.74) is 5.39. The van der Waals surface area contributed by atoms with Crippen LogP contribution in [0.1, 0.15) is 59.1 Å². The number of carbonyl (C=O) groups is 2. The Labute approximate surface area is 172 Å². The summed E-state index contributed by atoms with van der Waals surface area (Å²) in [6, 6.07) is 4.16. The summed E-state index contributed by atoms with van der Waals surface area (Å²) in [5, 5.41) is 0. The van der Waals surface area contributed by atoms with Gasteiger partial charge in [-0.05, 0) is 64.0 Å². The van der Waals surface area contributed by atoms with Gasteiger partial charge in [0.05, 0.1) is 11.4 Å². The fourth-order valence-electron chi connectivity index (χ4n) is 4.52. The fourth-order valence-corrected chi connectivity index (χ4v) is 4.52. The van der Waals surface area contributed by atoms with Crippen LogP contribution in [0.25, 0.3) is 0 Å². The highest BCUT2D eigenvalue weighted by Crippen LogP contribution is 2.37. The second-order valence-electron chi connectivity index (χ2n) is 8.60. The highest BCUT2D eigenvalue weighted by atomic mass is 16.2. The number of hydrogen-bond acceptors (Lipinski definition) is 3. The summed E-state index contributed by atoms with van der Waals surface area (Å²) >= 11 is 0. The lowest BCUT2D eigenvalue weighted by molar-refractivity contribution is -0.117. The maximum Gasteiger partial charge on any atom is 0.272 e. The van der Waals surface area contributed by atoms with E-state index in [1.54, 1.807) is 4.90 Å². The number of amides is 2. The molecule has 0 bridgehead atoms. The molecule has 0 radical (unpaired) electrons. The minimum absolute atomic E-state index is 0.00185. The molecule has 0 saturated heterocycles. The van der Waals surface area contributed by atoms with Crippen LogP contribution in [-0.2, 0) is 11.3 Å². The number of rotatable bonds is 6. The van der Waals surface area contributed by atoms with Crippen molar-refractivity contribution in [3.63, 3.8) is 0 Å². The van der Waals surface area contributed by atoms with Crippen LogP contribution < -0.4 is 4.90 Å². The Hall–Kier alpha value is -2.63. The molecule has 1 aliphatic heterocycles. The van der Waals surface area contributed by atoms with Crippen LogP contribution in [0.5, 0.6) is 0 Å². The second-order valence-corrected chi connectivity index (χ2v) is 8.60. The smallest absolute Gasteiger partial charge is 0.272 e. The van der Waals surface area contributed by atoms with E-state index in [0.717, 1.165) is 36.3 Å². The molecule has 2 heterocycles. The van der Waals surface area contributed by atoms with Gasteiger partial charge in [0.2, 0.25) is 5.95 Å². The first-order chi connectivity index (χ1) is 13.8. The van der Waals surface area contributed by atoms with Gasteiger partial charge in [-0.25, -0.2) is 9.88 Å². The number of carbonyl (C=O) groups excluding carboxylic acids is 2. The van der Waals surface area contributed by atoms with Crippen molar-refractivity contribution in [2.75, 3.05) is 18.0 Å². The SMILES string of the molecule is CCCN(CC1CC1)C(=O)c1c(C)nc2n1CC(=O)N2c1c(C)cc(C)cc1C. The number of fused-ring (bicyclic) bond motifs is 1.